The number of halogens is 1. The van der Waals surface area contributed by atoms with Crippen molar-refractivity contribution in [1.29, 1.82) is 0 Å². The lowest BCUT2D eigenvalue weighted by atomic mass is 10.1. The monoisotopic (exact) mass is 384 g/mol. The van der Waals surface area contributed by atoms with Crippen molar-refractivity contribution in [2.45, 2.75) is 6.92 Å². The molecule has 0 amide bonds. The minimum Gasteiger partial charge on any atom is -0.261 e. The van der Waals surface area contributed by atoms with Crippen LogP contribution in [-0.2, 0) is 0 Å². The van der Waals surface area contributed by atoms with Crippen molar-refractivity contribution in [2.75, 3.05) is 5.43 Å². The molecule has 0 fully saturated rings. The van der Waals surface area contributed by atoms with E-state index in [1.165, 1.54) is 12.3 Å². The summed E-state index contributed by atoms with van der Waals surface area (Å²) in [6.07, 6.45) is 1.52. The molecule has 2 aromatic carbocycles. The summed E-state index contributed by atoms with van der Waals surface area (Å²) in [6.45, 7) is 2.01. The molecule has 1 N–H and O–H groups in total. The second-order valence-electron chi connectivity index (χ2n) is 5.18. The van der Waals surface area contributed by atoms with Crippen LogP contribution in [0.2, 0.25) is 0 Å². The Labute approximate surface area is 146 Å². The van der Waals surface area contributed by atoms with E-state index in [4.69, 9.17) is 0 Å². The third-order valence-corrected chi connectivity index (χ3v) is 4.15. The van der Waals surface area contributed by atoms with Crippen molar-refractivity contribution >= 4 is 44.6 Å². The maximum Gasteiger partial charge on any atom is 0.284 e. The standard InChI is InChI=1S/C17H13BrN4O2/c1-11-8-17(20-15-5-3-2-4-13(11)15)21-19-10-12-6-7-14(18)16(9-12)22(23)24/h2-10H,1H3,(H,20,21)/b19-10-. The number of hydrogen-bond acceptors (Lipinski definition) is 5. The fourth-order valence-corrected chi connectivity index (χ4v) is 2.72. The van der Waals surface area contributed by atoms with E-state index in [1.54, 1.807) is 12.1 Å². The van der Waals surface area contributed by atoms with Gasteiger partial charge in [0.05, 0.1) is 21.1 Å². The number of aromatic nitrogens is 1. The van der Waals surface area contributed by atoms with Crippen LogP contribution in [-0.4, -0.2) is 16.1 Å². The van der Waals surface area contributed by atoms with Gasteiger partial charge < -0.3 is 0 Å². The van der Waals surface area contributed by atoms with Crippen LogP contribution in [0.15, 0.2) is 58.1 Å². The highest BCUT2D eigenvalue weighted by atomic mass is 79.9. The number of nitrogens with zero attached hydrogens (tertiary/aromatic N) is 3. The highest BCUT2D eigenvalue weighted by Crippen LogP contribution is 2.25. The molecule has 1 aromatic heterocycles. The Kier molecular flexibility index (Phi) is 4.52. The predicted molar refractivity (Wildman–Crippen MR) is 98.5 cm³/mol. The molecule has 0 atom stereocenters. The smallest absolute Gasteiger partial charge is 0.261 e. The van der Waals surface area contributed by atoms with Gasteiger partial charge in [-0.15, -0.1) is 0 Å². The number of hydrazone groups is 1. The number of para-hydroxylation sites is 1. The van der Waals surface area contributed by atoms with Gasteiger partial charge in [-0.3, -0.25) is 15.5 Å². The Morgan fingerprint density at radius 2 is 2.04 bits per heavy atom. The van der Waals surface area contributed by atoms with Crippen LogP contribution < -0.4 is 5.43 Å². The van der Waals surface area contributed by atoms with E-state index < -0.39 is 4.92 Å². The van der Waals surface area contributed by atoms with Crippen molar-refractivity contribution in [2.24, 2.45) is 5.10 Å². The van der Waals surface area contributed by atoms with Gasteiger partial charge in [-0.25, -0.2) is 4.98 Å². The molecular formula is C17H13BrN4O2. The molecule has 0 aliphatic carbocycles. The van der Waals surface area contributed by atoms with Gasteiger partial charge >= 0.3 is 0 Å². The Morgan fingerprint density at radius 3 is 2.83 bits per heavy atom. The first-order valence-corrected chi connectivity index (χ1v) is 7.93. The Bertz CT molecular complexity index is 956. The van der Waals surface area contributed by atoms with Gasteiger partial charge in [0.25, 0.3) is 5.69 Å². The van der Waals surface area contributed by atoms with E-state index in [0.29, 0.717) is 15.9 Å². The number of benzene rings is 2. The Morgan fingerprint density at radius 1 is 1.25 bits per heavy atom. The zero-order valence-corrected chi connectivity index (χ0v) is 14.3. The number of nitro groups is 1. The highest BCUT2D eigenvalue weighted by Gasteiger charge is 2.11. The number of rotatable bonds is 4. The first-order valence-electron chi connectivity index (χ1n) is 7.14. The second-order valence-corrected chi connectivity index (χ2v) is 6.03. The number of anilines is 1. The molecule has 120 valence electrons. The van der Waals surface area contributed by atoms with Crippen molar-refractivity contribution < 1.29 is 4.92 Å². The van der Waals surface area contributed by atoms with Gasteiger partial charge in [-0.1, -0.05) is 24.3 Å². The number of fused-ring (bicyclic) bond motifs is 1. The first kappa shape index (κ1) is 16.1. The second kappa shape index (κ2) is 6.76. The molecule has 0 radical (unpaired) electrons. The van der Waals surface area contributed by atoms with Gasteiger partial charge in [0, 0.05) is 17.0 Å². The molecule has 6 nitrogen and oxygen atoms in total. The zero-order valence-electron chi connectivity index (χ0n) is 12.7. The van der Waals surface area contributed by atoms with Gasteiger partial charge in [0.1, 0.15) is 5.82 Å². The minimum atomic E-state index is -0.441. The molecule has 0 unspecified atom stereocenters. The molecule has 0 saturated heterocycles. The maximum absolute atomic E-state index is 10.9. The number of pyridine rings is 1. The largest absolute Gasteiger partial charge is 0.284 e. The van der Waals surface area contributed by atoms with Crippen LogP contribution in [0.5, 0.6) is 0 Å². The average Bonchev–Trinajstić information content (AvgIpc) is 2.56. The van der Waals surface area contributed by atoms with E-state index in [-0.39, 0.29) is 5.69 Å². The summed E-state index contributed by atoms with van der Waals surface area (Å²) < 4.78 is 0.435. The summed E-state index contributed by atoms with van der Waals surface area (Å²) in [5.41, 5.74) is 5.46. The normalized spacial score (nSPS) is 11.1. The van der Waals surface area contributed by atoms with Crippen molar-refractivity contribution in [3.05, 3.63) is 74.2 Å². The maximum atomic E-state index is 10.9. The van der Waals surface area contributed by atoms with Crippen LogP contribution in [0.1, 0.15) is 11.1 Å². The fraction of sp³-hybridized carbons (Fsp3) is 0.0588. The summed E-state index contributed by atoms with van der Waals surface area (Å²) in [5, 5.41) is 16.1. The summed E-state index contributed by atoms with van der Waals surface area (Å²) in [7, 11) is 0. The predicted octanol–water partition coefficient (Wildman–Crippen LogP) is 4.66. The Balaban J connectivity index is 1.82. The quantitative estimate of drug-likeness (QED) is 0.402. The van der Waals surface area contributed by atoms with Crippen LogP contribution in [0.3, 0.4) is 0 Å². The van der Waals surface area contributed by atoms with E-state index >= 15 is 0 Å². The van der Waals surface area contributed by atoms with Crippen LogP contribution in [0.4, 0.5) is 11.5 Å². The average molecular weight is 385 g/mol. The van der Waals surface area contributed by atoms with Gasteiger partial charge in [-0.05, 0) is 46.6 Å². The van der Waals surface area contributed by atoms with Gasteiger partial charge in [0.15, 0.2) is 0 Å². The summed E-state index contributed by atoms with van der Waals surface area (Å²) in [4.78, 5) is 15.0. The molecule has 1 heterocycles. The number of nitrogens with one attached hydrogen (secondary N) is 1. The molecule has 0 saturated carbocycles. The van der Waals surface area contributed by atoms with Crippen molar-refractivity contribution in [3.8, 4) is 0 Å². The molecule has 3 aromatic rings. The van der Waals surface area contributed by atoms with Crippen LogP contribution >= 0.6 is 15.9 Å². The zero-order chi connectivity index (χ0) is 17.1. The summed E-state index contributed by atoms with van der Waals surface area (Å²) in [6, 6.07) is 14.6. The lowest BCUT2D eigenvalue weighted by molar-refractivity contribution is -0.385. The van der Waals surface area contributed by atoms with Crippen molar-refractivity contribution in [1.82, 2.24) is 4.98 Å². The third kappa shape index (κ3) is 3.41. The molecule has 0 aliphatic heterocycles. The number of nitro benzene ring substituents is 1. The lowest BCUT2D eigenvalue weighted by Gasteiger charge is -2.05. The van der Waals surface area contributed by atoms with Crippen molar-refractivity contribution in [3.63, 3.8) is 0 Å². The van der Waals surface area contributed by atoms with E-state index in [9.17, 15) is 10.1 Å². The number of aryl methyl sites for hydroxylation is 1. The lowest BCUT2D eigenvalue weighted by Crippen LogP contribution is -1.96. The van der Waals surface area contributed by atoms with E-state index in [2.05, 4.69) is 31.4 Å². The summed E-state index contributed by atoms with van der Waals surface area (Å²) >= 11 is 3.16. The van der Waals surface area contributed by atoms with E-state index in [1.807, 2.05) is 37.3 Å². The fourth-order valence-electron chi connectivity index (χ4n) is 2.33. The summed E-state index contributed by atoms with van der Waals surface area (Å²) in [5.74, 6) is 0.620. The minimum absolute atomic E-state index is 0.00127. The van der Waals surface area contributed by atoms with Crippen LogP contribution in [0, 0.1) is 17.0 Å². The third-order valence-electron chi connectivity index (χ3n) is 3.48. The topological polar surface area (TPSA) is 80.4 Å². The SMILES string of the molecule is Cc1cc(N/N=C\c2ccc(Br)c([N+](=O)[O-])c2)nc2ccccc12. The molecule has 0 spiro atoms. The molecule has 0 bridgehead atoms. The molecule has 0 aliphatic rings. The first-order chi connectivity index (χ1) is 11.5. The molecule has 24 heavy (non-hydrogen) atoms. The molecule has 7 heteroatoms. The van der Waals surface area contributed by atoms with Crippen LogP contribution in [0.25, 0.3) is 10.9 Å². The molecule has 3 rings (SSSR count). The number of hydrogen-bond donors (Lipinski definition) is 1. The highest BCUT2D eigenvalue weighted by molar-refractivity contribution is 9.10. The van der Waals surface area contributed by atoms with E-state index in [0.717, 1.165) is 16.5 Å². The van der Waals surface area contributed by atoms with Gasteiger partial charge in [0.2, 0.25) is 0 Å². The Hall–Kier alpha value is -2.80. The molecular weight excluding hydrogens is 372 g/mol. The van der Waals surface area contributed by atoms with Gasteiger partial charge in [-0.2, -0.15) is 5.10 Å².